The normalized spacial score (nSPS) is 14.4. The van der Waals surface area contributed by atoms with E-state index >= 15 is 0 Å². The lowest BCUT2D eigenvalue weighted by Crippen LogP contribution is -2.35. The highest BCUT2D eigenvalue weighted by Crippen LogP contribution is 2.37. The van der Waals surface area contributed by atoms with Gasteiger partial charge in [0.2, 0.25) is 0 Å². The number of aryl methyl sites for hydroxylation is 1. The van der Waals surface area contributed by atoms with E-state index in [4.69, 9.17) is 44.9 Å². The predicted molar refractivity (Wildman–Crippen MR) is 150 cm³/mol. The fourth-order valence-electron chi connectivity index (χ4n) is 3.86. The molecule has 1 fully saturated rings. The number of anilines is 1. The molecule has 1 aliphatic rings. The number of carbonyl (C=O) groups is 2. The van der Waals surface area contributed by atoms with Crippen molar-refractivity contribution in [3.63, 3.8) is 0 Å². The molecule has 6 nitrogen and oxygen atoms in total. The topological polar surface area (TPSA) is 59.1 Å². The third kappa shape index (κ3) is 5.83. The van der Waals surface area contributed by atoms with Crippen molar-refractivity contribution in [3.8, 4) is 5.75 Å². The second-order valence-electron chi connectivity index (χ2n) is 8.33. The molecule has 0 saturated carbocycles. The zero-order valence-corrected chi connectivity index (χ0v) is 22.9. The van der Waals surface area contributed by atoms with Gasteiger partial charge in [-0.25, -0.2) is 4.39 Å². The number of hydrogen-bond donors (Lipinski definition) is 0. The van der Waals surface area contributed by atoms with Crippen molar-refractivity contribution >= 4 is 64.2 Å². The van der Waals surface area contributed by atoms with Crippen molar-refractivity contribution in [2.45, 2.75) is 20.0 Å². The highest BCUT2D eigenvalue weighted by molar-refractivity contribution is 7.80. The molecule has 0 radical (unpaired) electrons. The number of amides is 1. The minimum atomic E-state index is -0.567. The van der Waals surface area contributed by atoms with Crippen molar-refractivity contribution in [1.82, 2.24) is 4.90 Å². The Hall–Kier alpha value is -3.46. The summed E-state index contributed by atoms with van der Waals surface area (Å²) in [5.74, 6) is -1.22. The van der Waals surface area contributed by atoms with Crippen LogP contribution in [0.3, 0.4) is 0 Å². The van der Waals surface area contributed by atoms with Gasteiger partial charge in [-0.15, -0.1) is 0 Å². The van der Waals surface area contributed by atoms with Gasteiger partial charge in [0, 0.05) is 5.56 Å². The van der Waals surface area contributed by atoms with Crippen molar-refractivity contribution in [3.05, 3.63) is 98.9 Å². The molecule has 0 atom stereocenters. The molecule has 1 heterocycles. The van der Waals surface area contributed by atoms with Crippen LogP contribution in [-0.2, 0) is 27.4 Å². The summed E-state index contributed by atoms with van der Waals surface area (Å²) in [4.78, 5) is 28.4. The van der Waals surface area contributed by atoms with E-state index in [-0.39, 0.29) is 39.8 Å². The maximum atomic E-state index is 14.0. The quantitative estimate of drug-likeness (QED) is 0.176. The largest absolute Gasteiger partial charge is 0.486 e. The molecule has 1 aliphatic heterocycles. The molecule has 196 valence electrons. The van der Waals surface area contributed by atoms with Gasteiger partial charge >= 0.3 is 5.97 Å². The van der Waals surface area contributed by atoms with Crippen molar-refractivity contribution in [1.29, 1.82) is 0 Å². The number of rotatable bonds is 8. The van der Waals surface area contributed by atoms with E-state index in [1.807, 2.05) is 19.1 Å². The van der Waals surface area contributed by atoms with E-state index in [1.54, 1.807) is 42.5 Å². The molecule has 0 aromatic heterocycles. The fraction of sp³-hybridized carbons (Fsp3) is 0.179. The summed E-state index contributed by atoms with van der Waals surface area (Å²) in [6.45, 7) is 1.70. The summed E-state index contributed by atoms with van der Waals surface area (Å²) in [5.41, 5.74) is 2.65. The number of hydrogen-bond acceptors (Lipinski definition) is 5. The Labute approximate surface area is 235 Å². The minimum Gasteiger partial charge on any atom is -0.486 e. The molecule has 3 aromatic rings. The summed E-state index contributed by atoms with van der Waals surface area (Å²) in [6.07, 6.45) is 2.39. The second-order valence-corrected chi connectivity index (χ2v) is 9.51. The number of ether oxygens (including phenoxy) is 2. The van der Waals surface area contributed by atoms with Crippen molar-refractivity contribution in [2.75, 3.05) is 18.6 Å². The van der Waals surface area contributed by atoms with E-state index in [1.165, 1.54) is 29.1 Å². The number of carbonyl (C=O) groups excluding carboxylic acids is 2. The molecular weight excluding hydrogens is 550 g/mol. The van der Waals surface area contributed by atoms with Crippen LogP contribution in [0.15, 0.2) is 66.4 Å². The summed E-state index contributed by atoms with van der Waals surface area (Å²) in [6, 6.07) is 16.8. The molecule has 0 spiro atoms. The lowest BCUT2D eigenvalue weighted by atomic mass is 10.1. The molecule has 0 bridgehead atoms. The average Bonchev–Trinajstić information content (AvgIpc) is 3.12. The second kappa shape index (κ2) is 11.9. The number of nitrogens with zero attached hydrogens (tertiary/aromatic N) is 2. The van der Waals surface area contributed by atoms with Gasteiger partial charge in [-0.1, -0.05) is 60.5 Å². The van der Waals surface area contributed by atoms with Crippen LogP contribution in [0.25, 0.3) is 6.08 Å². The number of thiocarbonyl (C=S) groups is 1. The molecule has 4 rings (SSSR count). The number of esters is 1. The lowest BCUT2D eigenvalue weighted by molar-refractivity contribution is -0.140. The van der Waals surface area contributed by atoms with E-state index in [0.717, 1.165) is 12.0 Å². The third-order valence-electron chi connectivity index (χ3n) is 5.91. The Kier molecular flexibility index (Phi) is 8.66. The predicted octanol–water partition coefficient (Wildman–Crippen LogP) is 6.42. The van der Waals surface area contributed by atoms with Crippen LogP contribution in [0.4, 0.5) is 10.1 Å². The summed E-state index contributed by atoms with van der Waals surface area (Å²) in [5, 5.41) is 0.471. The van der Waals surface area contributed by atoms with Crippen LogP contribution in [-0.4, -0.2) is 35.5 Å². The molecule has 10 heteroatoms. The lowest BCUT2D eigenvalue weighted by Gasteiger charge is -2.19. The molecule has 0 unspecified atom stereocenters. The first-order valence-corrected chi connectivity index (χ1v) is 12.8. The maximum Gasteiger partial charge on any atom is 0.325 e. The first-order chi connectivity index (χ1) is 18.2. The van der Waals surface area contributed by atoms with E-state index in [9.17, 15) is 14.0 Å². The Bertz CT molecular complexity index is 1410. The van der Waals surface area contributed by atoms with Gasteiger partial charge < -0.3 is 14.4 Å². The van der Waals surface area contributed by atoms with Crippen LogP contribution in [0.1, 0.15) is 23.6 Å². The Balaban J connectivity index is 1.66. The first kappa shape index (κ1) is 27.6. The van der Waals surface area contributed by atoms with Gasteiger partial charge in [0.25, 0.3) is 5.91 Å². The molecule has 38 heavy (non-hydrogen) atoms. The molecular formula is C28H23Cl2FN2O4S. The van der Waals surface area contributed by atoms with Gasteiger partial charge in [-0.05, 0) is 66.2 Å². The first-order valence-electron chi connectivity index (χ1n) is 11.6. The number of benzene rings is 3. The highest BCUT2D eigenvalue weighted by atomic mass is 35.5. The zero-order chi connectivity index (χ0) is 27.4. The SMILES string of the molecule is CCc1ccc(N2C(=O)/C(=C/c3cc(Cl)c(OCc4ccccc4F)c(Cl)c3)N(CC(=O)OC)C2=S)cc1. The molecule has 1 saturated heterocycles. The van der Waals surface area contributed by atoms with E-state index < -0.39 is 17.7 Å². The maximum absolute atomic E-state index is 14.0. The van der Waals surface area contributed by atoms with Crippen molar-refractivity contribution < 1.29 is 23.5 Å². The monoisotopic (exact) mass is 572 g/mol. The molecule has 0 N–H and O–H groups in total. The number of halogens is 3. The fourth-order valence-corrected chi connectivity index (χ4v) is 4.82. The summed E-state index contributed by atoms with van der Waals surface area (Å²) >= 11 is 18.5. The van der Waals surface area contributed by atoms with Crippen LogP contribution >= 0.6 is 35.4 Å². The Morgan fingerprint density at radius 1 is 1.08 bits per heavy atom. The van der Waals surface area contributed by atoms with Gasteiger partial charge in [0.05, 0.1) is 22.8 Å². The Morgan fingerprint density at radius 3 is 2.34 bits per heavy atom. The van der Waals surface area contributed by atoms with Gasteiger partial charge in [-0.3, -0.25) is 14.5 Å². The van der Waals surface area contributed by atoms with Gasteiger partial charge in [-0.2, -0.15) is 0 Å². The number of methoxy groups -OCH3 is 1. The molecule has 1 amide bonds. The van der Waals surface area contributed by atoms with Crippen LogP contribution in [0, 0.1) is 5.82 Å². The summed E-state index contributed by atoms with van der Waals surface area (Å²) in [7, 11) is 1.26. The zero-order valence-electron chi connectivity index (χ0n) is 20.5. The summed E-state index contributed by atoms with van der Waals surface area (Å²) < 4.78 is 24.5. The molecule has 3 aromatic carbocycles. The van der Waals surface area contributed by atoms with Crippen LogP contribution < -0.4 is 9.64 Å². The van der Waals surface area contributed by atoms with Gasteiger partial charge in [0.1, 0.15) is 24.7 Å². The van der Waals surface area contributed by atoms with Crippen molar-refractivity contribution in [2.24, 2.45) is 0 Å². The van der Waals surface area contributed by atoms with Crippen LogP contribution in [0.2, 0.25) is 10.0 Å². The van der Waals surface area contributed by atoms with E-state index in [2.05, 4.69) is 0 Å². The smallest absolute Gasteiger partial charge is 0.325 e. The van der Waals surface area contributed by atoms with Crippen LogP contribution in [0.5, 0.6) is 5.75 Å². The Morgan fingerprint density at radius 2 is 1.74 bits per heavy atom. The highest BCUT2D eigenvalue weighted by Gasteiger charge is 2.40. The minimum absolute atomic E-state index is 0.0714. The molecule has 0 aliphatic carbocycles. The standard InChI is InChI=1S/C28H23Cl2FN2O4S/c1-3-17-8-10-20(11-9-17)33-27(35)24(32(28(33)38)15-25(34)36-2)14-18-12-21(29)26(22(30)13-18)37-16-19-6-4-5-7-23(19)31/h4-14H,3,15-16H2,1-2H3/b24-14-. The van der Waals surface area contributed by atoms with E-state index in [0.29, 0.717) is 16.8 Å². The van der Waals surface area contributed by atoms with Gasteiger partial charge in [0.15, 0.2) is 10.9 Å². The third-order valence-corrected chi connectivity index (χ3v) is 6.87. The average molecular weight is 573 g/mol.